The van der Waals surface area contributed by atoms with Gasteiger partial charge in [0.15, 0.2) is 0 Å². The molecule has 0 aliphatic heterocycles. The lowest BCUT2D eigenvalue weighted by molar-refractivity contribution is -0.139. The molecule has 3 rings (SSSR count). The van der Waals surface area contributed by atoms with E-state index in [1.807, 2.05) is 6.92 Å². The zero-order valence-corrected chi connectivity index (χ0v) is 19.3. The standard InChI is InChI=1S/C24H29N5O6/c1-2-11-29(24(34)26-20(23(32)33)13-16-5-9-18(31)10-6-16)14-21-27-28-22(35-21)19(25)12-15-3-7-17(30)8-4-15/h3-10,19-20,30-31H,2,11-14,25H2,1H3,(H,26,34)(H,32,33). The number of amides is 2. The first-order valence-electron chi connectivity index (χ1n) is 11.2. The Bertz CT molecular complexity index is 1120. The highest BCUT2D eigenvalue weighted by Gasteiger charge is 2.25. The van der Waals surface area contributed by atoms with Crippen LogP contribution >= 0.6 is 0 Å². The fourth-order valence-electron chi connectivity index (χ4n) is 3.45. The lowest BCUT2D eigenvalue weighted by Gasteiger charge is -2.23. The molecule has 35 heavy (non-hydrogen) atoms. The molecule has 2 atom stereocenters. The number of carbonyl (C=O) groups is 2. The first-order valence-corrected chi connectivity index (χ1v) is 11.2. The summed E-state index contributed by atoms with van der Waals surface area (Å²) in [5.74, 6) is -0.565. The molecule has 0 saturated heterocycles. The Kier molecular flexibility index (Phi) is 8.63. The van der Waals surface area contributed by atoms with Gasteiger partial charge in [-0.25, -0.2) is 9.59 Å². The Morgan fingerprint density at radius 3 is 2.11 bits per heavy atom. The van der Waals surface area contributed by atoms with Crippen LogP contribution in [-0.4, -0.2) is 55.0 Å². The maximum atomic E-state index is 12.9. The molecule has 2 amide bonds. The predicted molar refractivity (Wildman–Crippen MR) is 126 cm³/mol. The van der Waals surface area contributed by atoms with E-state index in [0.29, 0.717) is 24.9 Å². The van der Waals surface area contributed by atoms with Crippen LogP contribution < -0.4 is 11.1 Å². The highest BCUT2D eigenvalue weighted by Crippen LogP contribution is 2.18. The second-order valence-corrected chi connectivity index (χ2v) is 8.14. The summed E-state index contributed by atoms with van der Waals surface area (Å²) in [7, 11) is 0. The van der Waals surface area contributed by atoms with Crippen molar-refractivity contribution in [2.45, 2.75) is 44.8 Å². The highest BCUT2D eigenvalue weighted by molar-refractivity contribution is 5.82. The average Bonchev–Trinajstić information content (AvgIpc) is 3.30. The van der Waals surface area contributed by atoms with Gasteiger partial charge in [0.1, 0.15) is 24.1 Å². The average molecular weight is 484 g/mol. The predicted octanol–water partition coefficient (Wildman–Crippen LogP) is 2.34. The maximum Gasteiger partial charge on any atom is 0.326 e. The molecule has 0 fully saturated rings. The van der Waals surface area contributed by atoms with Crippen molar-refractivity contribution in [3.05, 3.63) is 71.4 Å². The van der Waals surface area contributed by atoms with Gasteiger partial charge in [0.25, 0.3) is 0 Å². The Morgan fingerprint density at radius 2 is 1.57 bits per heavy atom. The van der Waals surface area contributed by atoms with Gasteiger partial charge >= 0.3 is 12.0 Å². The van der Waals surface area contributed by atoms with Crippen molar-refractivity contribution in [3.8, 4) is 11.5 Å². The summed E-state index contributed by atoms with van der Waals surface area (Å²) < 4.78 is 5.67. The topological polar surface area (TPSA) is 175 Å². The third-order valence-electron chi connectivity index (χ3n) is 5.27. The number of aliphatic carboxylic acids is 1. The van der Waals surface area contributed by atoms with Gasteiger partial charge in [-0.05, 0) is 48.2 Å². The second kappa shape index (κ2) is 11.8. The molecular weight excluding hydrogens is 454 g/mol. The number of aromatic nitrogens is 2. The van der Waals surface area contributed by atoms with E-state index in [-0.39, 0.29) is 36.2 Å². The number of rotatable bonds is 11. The summed E-state index contributed by atoms with van der Waals surface area (Å²) in [5, 5.41) is 38.9. The minimum absolute atomic E-state index is 0.00977. The minimum atomic E-state index is -1.18. The van der Waals surface area contributed by atoms with Gasteiger partial charge in [0.2, 0.25) is 11.8 Å². The van der Waals surface area contributed by atoms with Crippen LogP contribution in [0.25, 0.3) is 0 Å². The summed E-state index contributed by atoms with van der Waals surface area (Å²) in [4.78, 5) is 26.0. The van der Waals surface area contributed by atoms with Gasteiger partial charge in [0, 0.05) is 13.0 Å². The summed E-state index contributed by atoms with van der Waals surface area (Å²) in [5.41, 5.74) is 7.72. The number of nitrogens with zero attached hydrogens (tertiary/aromatic N) is 3. The number of phenols is 2. The van der Waals surface area contributed by atoms with E-state index in [1.165, 1.54) is 17.0 Å². The molecular formula is C24H29N5O6. The van der Waals surface area contributed by atoms with Crippen molar-refractivity contribution >= 4 is 12.0 Å². The van der Waals surface area contributed by atoms with Crippen LogP contribution in [0.3, 0.4) is 0 Å². The van der Waals surface area contributed by atoms with Crippen molar-refractivity contribution in [2.24, 2.45) is 5.73 Å². The van der Waals surface area contributed by atoms with Crippen molar-refractivity contribution in [3.63, 3.8) is 0 Å². The van der Waals surface area contributed by atoms with Gasteiger partial charge in [-0.1, -0.05) is 31.2 Å². The van der Waals surface area contributed by atoms with Gasteiger partial charge in [-0.2, -0.15) is 0 Å². The molecule has 0 radical (unpaired) electrons. The number of benzene rings is 2. The molecule has 186 valence electrons. The van der Waals surface area contributed by atoms with Crippen LogP contribution in [0.5, 0.6) is 11.5 Å². The van der Waals surface area contributed by atoms with Crippen LogP contribution in [0.4, 0.5) is 4.79 Å². The number of nitrogens with two attached hydrogens (primary N) is 1. The van der Waals surface area contributed by atoms with Crippen molar-refractivity contribution in [2.75, 3.05) is 6.54 Å². The van der Waals surface area contributed by atoms with E-state index < -0.39 is 24.1 Å². The number of hydrogen-bond acceptors (Lipinski definition) is 8. The number of carboxylic acids is 1. The highest BCUT2D eigenvalue weighted by atomic mass is 16.4. The van der Waals surface area contributed by atoms with E-state index in [9.17, 15) is 24.9 Å². The molecule has 2 aromatic carbocycles. The molecule has 2 unspecified atom stereocenters. The molecule has 1 aromatic heterocycles. The first-order chi connectivity index (χ1) is 16.7. The SMILES string of the molecule is CCCN(Cc1nnc(C(N)Cc2ccc(O)cc2)o1)C(=O)NC(Cc1ccc(O)cc1)C(=O)O. The van der Waals surface area contributed by atoms with Crippen molar-refractivity contribution in [1.29, 1.82) is 0 Å². The second-order valence-electron chi connectivity index (χ2n) is 8.14. The summed E-state index contributed by atoms with van der Waals surface area (Å²) in [6.45, 7) is 2.22. The van der Waals surface area contributed by atoms with E-state index in [1.54, 1.807) is 36.4 Å². The van der Waals surface area contributed by atoms with Gasteiger partial charge in [0.05, 0.1) is 6.04 Å². The Hall–Kier alpha value is -4.12. The lowest BCUT2D eigenvalue weighted by Crippen LogP contribution is -2.48. The third-order valence-corrected chi connectivity index (χ3v) is 5.27. The number of carboxylic acid groups (broad SMARTS) is 1. The van der Waals surface area contributed by atoms with Crippen LogP contribution in [-0.2, 0) is 24.2 Å². The molecule has 6 N–H and O–H groups in total. The van der Waals surface area contributed by atoms with Crippen molar-refractivity contribution in [1.82, 2.24) is 20.4 Å². The zero-order chi connectivity index (χ0) is 25.4. The van der Waals surface area contributed by atoms with E-state index in [4.69, 9.17) is 10.2 Å². The zero-order valence-electron chi connectivity index (χ0n) is 19.3. The van der Waals surface area contributed by atoms with Gasteiger partial charge in [-0.3, -0.25) is 0 Å². The fourth-order valence-corrected chi connectivity index (χ4v) is 3.45. The fraction of sp³-hybridized carbons (Fsp3) is 0.333. The Labute approximate surface area is 202 Å². The maximum absolute atomic E-state index is 12.9. The summed E-state index contributed by atoms with van der Waals surface area (Å²) >= 11 is 0. The normalized spacial score (nSPS) is 12.6. The third kappa shape index (κ3) is 7.44. The minimum Gasteiger partial charge on any atom is -0.508 e. The van der Waals surface area contributed by atoms with Crippen LogP contribution in [0, 0.1) is 0 Å². The molecule has 1 heterocycles. The molecule has 3 aromatic rings. The molecule has 0 spiro atoms. The molecule has 0 aliphatic carbocycles. The van der Waals surface area contributed by atoms with Crippen LogP contribution in [0.2, 0.25) is 0 Å². The molecule has 0 bridgehead atoms. The molecule has 11 nitrogen and oxygen atoms in total. The van der Waals surface area contributed by atoms with E-state index in [2.05, 4.69) is 15.5 Å². The number of nitrogens with one attached hydrogen (secondary N) is 1. The van der Waals surface area contributed by atoms with E-state index in [0.717, 1.165) is 5.56 Å². The summed E-state index contributed by atoms with van der Waals surface area (Å²) in [6, 6.07) is 10.4. The number of urea groups is 1. The van der Waals surface area contributed by atoms with Crippen molar-refractivity contribution < 1.29 is 29.3 Å². The quantitative estimate of drug-likeness (QED) is 0.274. The van der Waals surface area contributed by atoms with Crippen LogP contribution in [0.1, 0.15) is 42.3 Å². The first kappa shape index (κ1) is 25.5. The van der Waals surface area contributed by atoms with Gasteiger partial charge < -0.3 is 35.7 Å². The number of aromatic hydroxyl groups is 2. The molecule has 0 aliphatic rings. The molecule has 11 heteroatoms. The number of carbonyl (C=O) groups excluding carboxylic acids is 1. The Balaban J connectivity index is 1.63. The monoisotopic (exact) mass is 483 g/mol. The Morgan fingerprint density at radius 1 is 1.00 bits per heavy atom. The lowest BCUT2D eigenvalue weighted by atomic mass is 10.1. The number of hydrogen-bond donors (Lipinski definition) is 5. The smallest absolute Gasteiger partial charge is 0.326 e. The molecule has 0 saturated carbocycles. The van der Waals surface area contributed by atoms with E-state index >= 15 is 0 Å². The largest absolute Gasteiger partial charge is 0.508 e. The number of phenolic OH excluding ortho intramolecular Hbond substituents is 2. The van der Waals surface area contributed by atoms with Crippen LogP contribution in [0.15, 0.2) is 52.9 Å². The van der Waals surface area contributed by atoms with Gasteiger partial charge in [-0.15, -0.1) is 10.2 Å². The summed E-state index contributed by atoms with van der Waals surface area (Å²) in [6.07, 6.45) is 1.10.